The van der Waals surface area contributed by atoms with Crippen molar-refractivity contribution in [1.29, 1.82) is 0 Å². The minimum Gasteiger partial charge on any atom is -0.377 e. The van der Waals surface area contributed by atoms with Gasteiger partial charge in [0.15, 0.2) is 0 Å². The molecule has 0 bridgehead atoms. The smallest absolute Gasteiger partial charge is 0.257 e. The summed E-state index contributed by atoms with van der Waals surface area (Å²) in [5.41, 5.74) is 4.14. The van der Waals surface area contributed by atoms with Crippen molar-refractivity contribution in [3.8, 4) is 0 Å². The molecule has 0 radical (unpaired) electrons. The van der Waals surface area contributed by atoms with Crippen LogP contribution in [0.1, 0.15) is 21.5 Å². The maximum Gasteiger partial charge on any atom is 0.257 e. The maximum atomic E-state index is 13.5. The third-order valence-corrected chi connectivity index (χ3v) is 6.47. The minimum atomic E-state index is -1.34. The van der Waals surface area contributed by atoms with Gasteiger partial charge < -0.3 is 15.1 Å². The number of carbonyl (C=O) groups is 1. The van der Waals surface area contributed by atoms with Crippen LogP contribution in [-0.2, 0) is 23.0 Å². The lowest BCUT2D eigenvalue weighted by Crippen LogP contribution is -2.17. The zero-order chi connectivity index (χ0) is 23.1. The second-order valence-corrected chi connectivity index (χ2v) is 9.51. The second-order valence-electron chi connectivity index (χ2n) is 8.09. The molecule has 0 aliphatic carbocycles. The van der Waals surface area contributed by atoms with E-state index in [1.807, 2.05) is 75.6 Å². The zero-order valence-corrected chi connectivity index (χ0v) is 19.9. The van der Waals surface area contributed by atoms with E-state index in [0.29, 0.717) is 21.9 Å². The van der Waals surface area contributed by atoms with E-state index >= 15 is 0 Å². The number of rotatable bonds is 9. The Morgan fingerprint density at radius 3 is 2.50 bits per heavy atom. The molecule has 3 aromatic rings. The van der Waals surface area contributed by atoms with Crippen LogP contribution >= 0.6 is 0 Å². The Hall–Kier alpha value is -3.03. The summed E-state index contributed by atoms with van der Waals surface area (Å²) in [7, 11) is 6.66. The van der Waals surface area contributed by atoms with Crippen LogP contribution in [0.4, 0.5) is 11.4 Å². The molecule has 1 unspecified atom stereocenters. The fraction of sp³-hybridized carbons (Fsp3) is 0.280. The predicted octanol–water partition coefficient (Wildman–Crippen LogP) is 3.81. The number of nitrogens with zero attached hydrogens (tertiary/aromatic N) is 3. The van der Waals surface area contributed by atoms with Gasteiger partial charge in [0, 0.05) is 38.7 Å². The first-order chi connectivity index (χ1) is 15.3. The molecule has 1 amide bonds. The van der Waals surface area contributed by atoms with Gasteiger partial charge in [-0.3, -0.25) is 14.0 Å². The highest BCUT2D eigenvalue weighted by Crippen LogP contribution is 2.27. The van der Waals surface area contributed by atoms with E-state index < -0.39 is 10.8 Å². The molecule has 0 aliphatic rings. The molecule has 1 atom stereocenters. The van der Waals surface area contributed by atoms with Crippen LogP contribution in [-0.4, -0.2) is 54.7 Å². The largest absolute Gasteiger partial charge is 0.377 e. The van der Waals surface area contributed by atoms with Crippen molar-refractivity contribution in [3.63, 3.8) is 0 Å². The first kappa shape index (κ1) is 23.6. The molecule has 1 heterocycles. The lowest BCUT2D eigenvalue weighted by Gasteiger charge is -2.18. The highest BCUT2D eigenvalue weighted by molar-refractivity contribution is 7.84. The highest BCUT2D eigenvalue weighted by atomic mass is 32.2. The SMILES string of the molecule is CN(C)CCc1ccc(NC(=O)c2cccnc2)c(S(=O)Cc2ccccc2N(C)C)c1. The van der Waals surface area contributed by atoms with Crippen LogP contribution in [0.3, 0.4) is 0 Å². The molecule has 1 N–H and O–H groups in total. The van der Waals surface area contributed by atoms with Gasteiger partial charge in [0.05, 0.1) is 32.7 Å². The number of anilines is 2. The van der Waals surface area contributed by atoms with E-state index in [1.165, 1.54) is 6.20 Å². The number of likely N-dealkylation sites (N-methyl/N-ethyl adjacent to an activating group) is 1. The van der Waals surface area contributed by atoms with Crippen LogP contribution in [0, 0.1) is 0 Å². The molecule has 0 fully saturated rings. The highest BCUT2D eigenvalue weighted by Gasteiger charge is 2.17. The van der Waals surface area contributed by atoms with Crippen molar-refractivity contribution < 1.29 is 9.00 Å². The summed E-state index contributed by atoms with van der Waals surface area (Å²) in [6, 6.07) is 17.2. The van der Waals surface area contributed by atoms with Crippen LogP contribution in [0.2, 0.25) is 0 Å². The number of hydrogen-bond acceptors (Lipinski definition) is 5. The van der Waals surface area contributed by atoms with Gasteiger partial charge in [0.25, 0.3) is 5.91 Å². The van der Waals surface area contributed by atoms with Gasteiger partial charge >= 0.3 is 0 Å². The van der Waals surface area contributed by atoms with Crippen LogP contribution < -0.4 is 10.2 Å². The molecule has 0 aliphatic heterocycles. The Morgan fingerprint density at radius 2 is 1.81 bits per heavy atom. The number of hydrogen-bond donors (Lipinski definition) is 1. The number of nitrogens with one attached hydrogen (secondary N) is 1. The molecule has 0 saturated heterocycles. The van der Waals surface area contributed by atoms with Crippen molar-refractivity contribution >= 4 is 28.1 Å². The van der Waals surface area contributed by atoms with Gasteiger partial charge in [0.1, 0.15) is 0 Å². The van der Waals surface area contributed by atoms with E-state index in [-0.39, 0.29) is 5.91 Å². The number of aromatic nitrogens is 1. The Balaban J connectivity index is 1.92. The molecule has 0 spiro atoms. The zero-order valence-electron chi connectivity index (χ0n) is 19.0. The van der Waals surface area contributed by atoms with Gasteiger partial charge in [0.2, 0.25) is 0 Å². The number of para-hydroxylation sites is 1. The van der Waals surface area contributed by atoms with E-state index in [4.69, 9.17) is 0 Å². The van der Waals surface area contributed by atoms with Crippen molar-refractivity contribution in [2.24, 2.45) is 0 Å². The Kier molecular flexibility index (Phi) is 8.14. The third kappa shape index (κ3) is 6.24. The normalized spacial score (nSPS) is 11.9. The van der Waals surface area contributed by atoms with E-state index in [2.05, 4.69) is 15.2 Å². The molecule has 2 aromatic carbocycles. The number of amides is 1. The van der Waals surface area contributed by atoms with Gasteiger partial charge in [-0.1, -0.05) is 24.3 Å². The fourth-order valence-electron chi connectivity index (χ4n) is 3.35. The summed E-state index contributed by atoms with van der Waals surface area (Å²) in [6.07, 6.45) is 3.98. The topological polar surface area (TPSA) is 65.5 Å². The number of benzene rings is 2. The first-order valence-electron chi connectivity index (χ1n) is 10.5. The average Bonchev–Trinajstić information content (AvgIpc) is 2.79. The quantitative estimate of drug-likeness (QED) is 0.537. The molecule has 7 heteroatoms. The van der Waals surface area contributed by atoms with Gasteiger partial charge in [-0.15, -0.1) is 0 Å². The predicted molar refractivity (Wildman–Crippen MR) is 132 cm³/mol. The molecule has 1 aromatic heterocycles. The van der Waals surface area contributed by atoms with Crippen LogP contribution in [0.15, 0.2) is 71.9 Å². The van der Waals surface area contributed by atoms with Gasteiger partial charge in [-0.2, -0.15) is 0 Å². The first-order valence-corrected chi connectivity index (χ1v) is 11.8. The standard InChI is InChI=1S/C25H30N4O2S/c1-28(2)15-13-19-11-12-22(27-25(30)20-9-7-14-26-17-20)24(16-19)32(31)18-21-8-5-6-10-23(21)29(3)4/h5-12,14,16-17H,13,15,18H2,1-4H3,(H,27,30). The van der Waals surface area contributed by atoms with E-state index in [9.17, 15) is 9.00 Å². The number of carbonyl (C=O) groups excluding carboxylic acids is 1. The molecular formula is C25H30N4O2S. The van der Waals surface area contributed by atoms with Crippen molar-refractivity contribution in [1.82, 2.24) is 9.88 Å². The minimum absolute atomic E-state index is 0.272. The molecule has 6 nitrogen and oxygen atoms in total. The van der Waals surface area contributed by atoms with Crippen molar-refractivity contribution in [2.75, 3.05) is 45.0 Å². The molecule has 0 saturated carbocycles. The summed E-state index contributed by atoms with van der Waals surface area (Å²) in [5, 5.41) is 2.93. The molecular weight excluding hydrogens is 420 g/mol. The summed E-state index contributed by atoms with van der Waals surface area (Å²) in [6.45, 7) is 0.886. The van der Waals surface area contributed by atoms with E-state index in [1.54, 1.807) is 18.3 Å². The molecule has 168 valence electrons. The molecule has 32 heavy (non-hydrogen) atoms. The summed E-state index contributed by atoms with van der Waals surface area (Å²) in [4.78, 5) is 21.5. The average molecular weight is 451 g/mol. The number of pyridine rings is 1. The summed E-state index contributed by atoms with van der Waals surface area (Å²) >= 11 is 0. The van der Waals surface area contributed by atoms with Crippen LogP contribution in [0.25, 0.3) is 0 Å². The third-order valence-electron chi connectivity index (χ3n) is 5.07. The van der Waals surface area contributed by atoms with Crippen molar-refractivity contribution in [2.45, 2.75) is 17.1 Å². The second kappa shape index (κ2) is 11.0. The van der Waals surface area contributed by atoms with E-state index in [0.717, 1.165) is 29.8 Å². The monoisotopic (exact) mass is 450 g/mol. The fourth-order valence-corrected chi connectivity index (χ4v) is 4.68. The summed E-state index contributed by atoms with van der Waals surface area (Å²) < 4.78 is 13.5. The van der Waals surface area contributed by atoms with Crippen molar-refractivity contribution in [3.05, 3.63) is 83.7 Å². The lowest BCUT2D eigenvalue weighted by atomic mass is 10.1. The van der Waals surface area contributed by atoms with Crippen LogP contribution in [0.5, 0.6) is 0 Å². The molecule has 3 rings (SSSR count). The van der Waals surface area contributed by atoms with Gasteiger partial charge in [-0.25, -0.2) is 0 Å². The Bertz CT molecular complexity index is 1080. The Morgan fingerprint density at radius 1 is 1.03 bits per heavy atom. The maximum absolute atomic E-state index is 13.5. The van der Waals surface area contributed by atoms with Gasteiger partial charge in [-0.05, 0) is 62.0 Å². The summed E-state index contributed by atoms with van der Waals surface area (Å²) in [5.74, 6) is 0.0902. The Labute approximate surface area is 192 Å². The lowest BCUT2D eigenvalue weighted by molar-refractivity contribution is 0.102.